The van der Waals surface area contributed by atoms with Gasteiger partial charge in [-0.25, -0.2) is 0 Å². The number of esters is 1. The summed E-state index contributed by atoms with van der Waals surface area (Å²) < 4.78 is 11.6. The Bertz CT molecular complexity index is 1080. The van der Waals surface area contributed by atoms with E-state index >= 15 is 0 Å². The van der Waals surface area contributed by atoms with Gasteiger partial charge in [-0.1, -0.05) is 67.4 Å². The zero-order chi connectivity index (χ0) is 24.9. The van der Waals surface area contributed by atoms with E-state index in [1.165, 1.54) is 0 Å². The van der Waals surface area contributed by atoms with Gasteiger partial charge in [0.2, 0.25) is 6.10 Å². The summed E-state index contributed by atoms with van der Waals surface area (Å²) in [5.74, 6) is -1.97. The maximum atomic E-state index is 13.0. The van der Waals surface area contributed by atoms with Crippen LogP contribution in [0.5, 0.6) is 11.5 Å². The van der Waals surface area contributed by atoms with Gasteiger partial charge in [0.1, 0.15) is 16.0 Å². The monoisotopic (exact) mass is 505 g/mol. The maximum absolute atomic E-state index is 13.0. The molecule has 0 saturated heterocycles. The number of aliphatic carboxylic acids is 1. The Hall–Kier alpha value is -3.03. The fourth-order valence-corrected chi connectivity index (χ4v) is 4.06. The number of amides is 1. The molecule has 0 aliphatic heterocycles. The number of carboxylic acids is 1. The minimum atomic E-state index is -1.30. The molecule has 2 N–H and O–H groups in total. The van der Waals surface area contributed by atoms with Crippen molar-refractivity contribution < 1.29 is 29.0 Å². The molecule has 9 heteroatoms. The molecule has 180 valence electrons. The van der Waals surface area contributed by atoms with E-state index in [0.29, 0.717) is 17.1 Å². The number of benzene rings is 2. The van der Waals surface area contributed by atoms with E-state index in [1.54, 1.807) is 42.5 Å². The average Bonchev–Trinajstić information content (AvgIpc) is 3.31. The molecule has 34 heavy (non-hydrogen) atoms. The van der Waals surface area contributed by atoms with Crippen molar-refractivity contribution in [3.8, 4) is 11.5 Å². The van der Waals surface area contributed by atoms with Crippen molar-refractivity contribution in [2.24, 2.45) is 17.3 Å². The summed E-state index contributed by atoms with van der Waals surface area (Å²) in [6.07, 6.45) is 0.0270. The molecule has 1 aliphatic rings. The average molecular weight is 506 g/mol. The lowest BCUT2D eigenvalue weighted by atomic mass is 10.1. The van der Waals surface area contributed by atoms with Crippen molar-refractivity contribution in [1.82, 2.24) is 5.32 Å². The molecule has 7 nitrogen and oxygen atoms in total. The van der Waals surface area contributed by atoms with Crippen LogP contribution in [0.15, 0.2) is 65.2 Å². The minimum absolute atomic E-state index is 0.0575. The van der Waals surface area contributed by atoms with E-state index in [4.69, 9.17) is 37.8 Å². The second kappa shape index (κ2) is 10.9. The Morgan fingerprint density at radius 3 is 2.41 bits per heavy atom. The van der Waals surface area contributed by atoms with Crippen LogP contribution < -0.4 is 10.1 Å². The molecule has 1 saturated carbocycles. The van der Waals surface area contributed by atoms with Crippen molar-refractivity contribution in [2.45, 2.75) is 26.4 Å². The zero-order valence-electron chi connectivity index (χ0n) is 18.7. The van der Waals surface area contributed by atoms with Crippen molar-refractivity contribution in [1.29, 1.82) is 0 Å². The smallest absolute Gasteiger partial charge is 0.311 e. The molecule has 2 aromatic carbocycles. The number of rotatable bonds is 10. The number of hydrogen-bond donors (Lipinski definition) is 2. The molecule has 0 spiro atoms. The van der Waals surface area contributed by atoms with Gasteiger partial charge in [-0.15, -0.1) is 0 Å². The fraction of sp³-hybridized carbons (Fsp3) is 0.320. The molecule has 0 heterocycles. The number of carbonyl (C=O) groups is 3. The predicted molar refractivity (Wildman–Crippen MR) is 128 cm³/mol. The Morgan fingerprint density at radius 2 is 1.76 bits per heavy atom. The normalized spacial score (nSPS) is 18.8. The quantitative estimate of drug-likeness (QED) is 0.427. The van der Waals surface area contributed by atoms with E-state index < -0.39 is 35.3 Å². The van der Waals surface area contributed by atoms with Gasteiger partial charge in [-0.2, -0.15) is 0 Å². The summed E-state index contributed by atoms with van der Waals surface area (Å²) in [5, 5.41) is 11.4. The number of para-hydroxylation sites is 1. The summed E-state index contributed by atoms with van der Waals surface area (Å²) in [6, 6.07) is 15.7. The second-order valence-electron chi connectivity index (χ2n) is 8.52. The third-order valence-electron chi connectivity index (χ3n) is 5.72. The van der Waals surface area contributed by atoms with E-state index in [0.717, 1.165) is 0 Å². The number of allylic oxidation sites excluding steroid dienone is 1. The van der Waals surface area contributed by atoms with Gasteiger partial charge < -0.3 is 19.9 Å². The van der Waals surface area contributed by atoms with Gasteiger partial charge in [0.15, 0.2) is 0 Å². The third-order valence-corrected chi connectivity index (χ3v) is 5.97. The Morgan fingerprint density at radius 1 is 1.09 bits per heavy atom. The van der Waals surface area contributed by atoms with Crippen molar-refractivity contribution in [3.63, 3.8) is 0 Å². The predicted octanol–water partition coefficient (Wildman–Crippen LogP) is 5.25. The minimum Gasteiger partial charge on any atom is -0.481 e. The van der Waals surface area contributed by atoms with E-state index in [2.05, 4.69) is 5.32 Å². The van der Waals surface area contributed by atoms with Gasteiger partial charge in [-0.3, -0.25) is 14.4 Å². The number of nitrogens with one attached hydrogen (secondary N) is 1. The number of ether oxygens (including phenoxy) is 2. The second-order valence-corrected chi connectivity index (χ2v) is 9.53. The number of carboxylic acid groups (broad SMARTS) is 1. The highest BCUT2D eigenvalue weighted by atomic mass is 35.5. The number of hydrogen-bond acceptors (Lipinski definition) is 5. The lowest BCUT2D eigenvalue weighted by molar-refractivity contribution is -0.158. The van der Waals surface area contributed by atoms with Crippen LogP contribution in [0.4, 0.5) is 0 Å². The molecule has 0 bridgehead atoms. The molecule has 3 unspecified atom stereocenters. The van der Waals surface area contributed by atoms with Crippen LogP contribution in [-0.2, 0) is 19.1 Å². The van der Waals surface area contributed by atoms with E-state index in [9.17, 15) is 14.4 Å². The van der Waals surface area contributed by atoms with Gasteiger partial charge >= 0.3 is 11.9 Å². The highest BCUT2D eigenvalue weighted by molar-refractivity contribution is 6.55. The van der Waals surface area contributed by atoms with Crippen LogP contribution in [0.1, 0.15) is 31.9 Å². The van der Waals surface area contributed by atoms with Gasteiger partial charge in [0.05, 0.1) is 12.3 Å². The summed E-state index contributed by atoms with van der Waals surface area (Å²) in [4.78, 5) is 36.8. The molecule has 3 atom stereocenters. The summed E-state index contributed by atoms with van der Waals surface area (Å²) >= 11 is 11.6. The molecule has 2 aromatic rings. The standard InChI is InChI=1S/C25H25Cl2NO6/c1-25(2)18(14-19(26)27)21(25)24(32)34-22(23(31)28-12-11-20(29)30)15-7-6-10-17(13-15)33-16-8-4-3-5-9-16/h3-10,13-14,18,21-22H,11-12H2,1-2H3,(H,28,31)(H,29,30). The first kappa shape index (κ1) is 25.6. The van der Waals surface area contributed by atoms with Gasteiger partial charge in [0.25, 0.3) is 5.91 Å². The number of halogens is 2. The molecular formula is C25H25Cl2NO6. The van der Waals surface area contributed by atoms with Gasteiger partial charge in [-0.05, 0) is 41.7 Å². The molecular weight excluding hydrogens is 481 g/mol. The van der Waals surface area contributed by atoms with Gasteiger partial charge in [0, 0.05) is 12.1 Å². The lowest BCUT2D eigenvalue weighted by Crippen LogP contribution is -2.34. The van der Waals surface area contributed by atoms with Crippen LogP contribution in [0.3, 0.4) is 0 Å². The lowest BCUT2D eigenvalue weighted by Gasteiger charge is -2.19. The van der Waals surface area contributed by atoms with Crippen LogP contribution in [0.2, 0.25) is 0 Å². The van der Waals surface area contributed by atoms with Crippen LogP contribution in [-0.4, -0.2) is 29.5 Å². The molecule has 1 fully saturated rings. The van der Waals surface area contributed by atoms with Crippen molar-refractivity contribution in [3.05, 3.63) is 70.7 Å². The Kier molecular flexibility index (Phi) is 8.23. The van der Waals surface area contributed by atoms with Crippen LogP contribution >= 0.6 is 23.2 Å². The topological polar surface area (TPSA) is 102 Å². The zero-order valence-corrected chi connectivity index (χ0v) is 20.2. The summed E-state index contributed by atoms with van der Waals surface area (Å²) in [7, 11) is 0. The fourth-order valence-electron chi connectivity index (χ4n) is 3.79. The maximum Gasteiger partial charge on any atom is 0.311 e. The van der Waals surface area contributed by atoms with E-state index in [-0.39, 0.29) is 23.4 Å². The van der Waals surface area contributed by atoms with Crippen molar-refractivity contribution in [2.75, 3.05) is 6.54 Å². The first-order chi connectivity index (χ1) is 16.1. The Balaban J connectivity index is 1.82. The summed E-state index contributed by atoms with van der Waals surface area (Å²) in [6.45, 7) is 3.66. The first-order valence-corrected chi connectivity index (χ1v) is 11.4. The number of carbonyl (C=O) groups excluding carboxylic acids is 2. The highest BCUT2D eigenvalue weighted by Gasteiger charge is 2.62. The van der Waals surface area contributed by atoms with E-state index in [1.807, 2.05) is 32.0 Å². The summed E-state index contributed by atoms with van der Waals surface area (Å²) in [5.41, 5.74) is -0.0510. The molecule has 1 amide bonds. The first-order valence-electron chi connectivity index (χ1n) is 10.6. The highest BCUT2D eigenvalue weighted by Crippen LogP contribution is 2.60. The molecule has 0 radical (unpaired) electrons. The molecule has 1 aliphatic carbocycles. The SMILES string of the molecule is CC1(C)C(C=C(Cl)Cl)C1C(=O)OC(C(=O)NCCC(=O)O)c1cccc(Oc2ccccc2)c1. The molecule has 0 aromatic heterocycles. The largest absolute Gasteiger partial charge is 0.481 e. The Labute approximate surface area is 207 Å². The molecule has 3 rings (SSSR count). The third kappa shape index (κ3) is 6.52. The van der Waals surface area contributed by atoms with Crippen molar-refractivity contribution >= 4 is 41.0 Å². The van der Waals surface area contributed by atoms with Crippen LogP contribution in [0.25, 0.3) is 0 Å². The van der Waals surface area contributed by atoms with Crippen LogP contribution in [0, 0.1) is 17.3 Å².